The summed E-state index contributed by atoms with van der Waals surface area (Å²) < 4.78 is 0. The lowest BCUT2D eigenvalue weighted by Gasteiger charge is -2.28. The molecule has 0 radical (unpaired) electrons. The van der Waals surface area contributed by atoms with E-state index in [4.69, 9.17) is 0 Å². The van der Waals surface area contributed by atoms with Gasteiger partial charge in [0, 0.05) is 34.0 Å². The highest BCUT2D eigenvalue weighted by atomic mass is 28.3. The van der Waals surface area contributed by atoms with Gasteiger partial charge in [-0.1, -0.05) is 183 Å². The topological polar surface area (TPSA) is 6.48 Å². The van der Waals surface area contributed by atoms with E-state index < -0.39 is 8.07 Å². The largest absolute Gasteiger partial charge is 0.310 e. The second kappa shape index (κ2) is 15.9. The molecule has 0 unspecified atom stereocenters. The summed E-state index contributed by atoms with van der Waals surface area (Å²) in [4.78, 5) is 4.70. The van der Waals surface area contributed by atoms with Gasteiger partial charge in [-0.3, -0.25) is 0 Å². The maximum atomic E-state index is 2.40. The van der Waals surface area contributed by atoms with Crippen LogP contribution in [-0.4, -0.2) is 8.07 Å². The van der Waals surface area contributed by atoms with Crippen LogP contribution in [0.5, 0.6) is 0 Å². The maximum absolute atomic E-state index is 2.40. The van der Waals surface area contributed by atoms with Crippen LogP contribution in [0.25, 0.3) is 44.2 Å². The minimum Gasteiger partial charge on any atom is -0.310 e. The smallest absolute Gasteiger partial charge is 0.0775 e. The van der Waals surface area contributed by atoms with Crippen LogP contribution < -0.4 is 15.0 Å². The van der Waals surface area contributed by atoms with Crippen LogP contribution in [0.4, 0.5) is 34.1 Å². The first-order valence-corrected chi connectivity index (χ1v) is 23.6. The van der Waals surface area contributed by atoms with Crippen molar-refractivity contribution in [1.29, 1.82) is 0 Å². The van der Waals surface area contributed by atoms with Crippen LogP contribution in [0.2, 0.25) is 19.6 Å². The van der Waals surface area contributed by atoms with E-state index in [2.05, 4.69) is 254 Å². The molecule has 0 spiro atoms. The first-order chi connectivity index (χ1) is 28.4. The predicted molar refractivity (Wildman–Crippen MR) is 253 cm³/mol. The Hall–Kier alpha value is -6.94. The molecule has 9 aromatic rings. The Labute approximate surface area is 344 Å². The zero-order valence-electron chi connectivity index (χ0n) is 33.3. The van der Waals surface area contributed by atoms with Crippen molar-refractivity contribution in [3.05, 3.63) is 224 Å². The van der Waals surface area contributed by atoms with Crippen LogP contribution in [0.15, 0.2) is 224 Å². The van der Waals surface area contributed by atoms with E-state index in [1.165, 1.54) is 49.3 Å². The van der Waals surface area contributed by atoms with E-state index in [-0.39, 0.29) is 0 Å². The molecular formula is C55H46N2Si. The third-order valence-electron chi connectivity index (χ3n) is 11.0. The number of nitrogens with zero attached hydrogens (tertiary/aromatic N) is 2. The summed E-state index contributed by atoms with van der Waals surface area (Å²) in [6, 6.07) is 81.3. The average Bonchev–Trinajstić information content (AvgIpc) is 3.28. The summed E-state index contributed by atoms with van der Waals surface area (Å²) >= 11 is 0. The lowest BCUT2D eigenvalue weighted by molar-refractivity contribution is 1.28. The number of hydrogen-bond donors (Lipinski definition) is 0. The van der Waals surface area contributed by atoms with E-state index in [0.29, 0.717) is 0 Å². The summed E-state index contributed by atoms with van der Waals surface area (Å²) in [6.45, 7) is 7.20. The summed E-state index contributed by atoms with van der Waals surface area (Å²) in [5.41, 5.74) is 14.0. The van der Waals surface area contributed by atoms with Crippen LogP contribution in [0.1, 0.15) is 0 Å². The quantitative estimate of drug-likeness (QED) is 0.128. The molecule has 280 valence electrons. The third-order valence-corrected chi connectivity index (χ3v) is 13.1. The molecule has 0 saturated carbocycles. The first-order valence-electron chi connectivity index (χ1n) is 20.1. The second-order valence-electron chi connectivity index (χ2n) is 15.9. The van der Waals surface area contributed by atoms with E-state index in [1.807, 2.05) is 0 Å². The molecule has 3 heteroatoms. The fourth-order valence-corrected chi connectivity index (χ4v) is 9.03. The van der Waals surface area contributed by atoms with Crippen molar-refractivity contribution in [2.45, 2.75) is 19.6 Å². The van der Waals surface area contributed by atoms with Crippen LogP contribution in [-0.2, 0) is 0 Å². The first kappa shape index (κ1) is 36.7. The molecule has 0 N–H and O–H groups in total. The Bertz CT molecular complexity index is 2770. The molecule has 0 aromatic heterocycles. The number of rotatable bonds is 10. The molecule has 0 aliphatic rings. The molecular weight excluding hydrogens is 717 g/mol. The lowest BCUT2D eigenvalue weighted by atomic mass is 9.99. The standard InChI is InChI=1S/C55H46N2Si/c1-58(2,3)53-38-31-46(32-39-53)54-20-12-13-21-55(54)57(49-18-8-5-9-19-49)51-35-28-45(29-36-51)43-24-22-42(23-25-43)44-26-33-50(34-27-44)56(48-16-6-4-7-17-48)52-37-30-41-14-10-11-15-47(41)40-52/h4-40H,1-3H3. The van der Waals surface area contributed by atoms with Gasteiger partial charge in [-0.05, 0) is 105 Å². The third kappa shape index (κ3) is 7.60. The fraction of sp³-hybridized carbons (Fsp3) is 0.0545. The van der Waals surface area contributed by atoms with Crippen molar-refractivity contribution in [2.24, 2.45) is 0 Å². The highest BCUT2D eigenvalue weighted by Gasteiger charge is 2.20. The molecule has 2 nitrogen and oxygen atoms in total. The minimum absolute atomic E-state index is 1.12. The number of anilines is 6. The molecule has 9 rings (SSSR count). The molecule has 0 aliphatic carbocycles. The Kier molecular flexibility index (Phi) is 10.1. The van der Waals surface area contributed by atoms with Gasteiger partial charge in [-0.25, -0.2) is 0 Å². The molecule has 9 aromatic carbocycles. The van der Waals surface area contributed by atoms with Crippen molar-refractivity contribution < 1.29 is 0 Å². The normalized spacial score (nSPS) is 11.4. The van der Waals surface area contributed by atoms with Crippen molar-refractivity contribution in [1.82, 2.24) is 0 Å². The van der Waals surface area contributed by atoms with Gasteiger partial charge in [0.25, 0.3) is 0 Å². The summed E-state index contributed by atoms with van der Waals surface area (Å²) in [7, 11) is -1.40. The van der Waals surface area contributed by atoms with Gasteiger partial charge < -0.3 is 9.80 Å². The second-order valence-corrected chi connectivity index (χ2v) is 21.0. The monoisotopic (exact) mass is 762 g/mol. The Morgan fingerprint density at radius 3 is 1.24 bits per heavy atom. The summed E-state index contributed by atoms with van der Waals surface area (Å²) in [5.74, 6) is 0. The van der Waals surface area contributed by atoms with Gasteiger partial charge in [-0.15, -0.1) is 0 Å². The molecule has 0 atom stereocenters. The van der Waals surface area contributed by atoms with E-state index in [1.54, 1.807) is 0 Å². The number of para-hydroxylation sites is 3. The van der Waals surface area contributed by atoms with Gasteiger partial charge in [0.15, 0.2) is 0 Å². The predicted octanol–water partition coefficient (Wildman–Crippen LogP) is 15.3. The van der Waals surface area contributed by atoms with Gasteiger partial charge >= 0.3 is 0 Å². The molecule has 58 heavy (non-hydrogen) atoms. The van der Waals surface area contributed by atoms with E-state index >= 15 is 0 Å². The molecule has 0 fully saturated rings. The van der Waals surface area contributed by atoms with Crippen molar-refractivity contribution in [2.75, 3.05) is 9.80 Å². The van der Waals surface area contributed by atoms with Crippen molar-refractivity contribution in [3.8, 4) is 33.4 Å². The summed E-state index contributed by atoms with van der Waals surface area (Å²) in [5, 5.41) is 3.94. The maximum Gasteiger partial charge on any atom is 0.0775 e. The van der Waals surface area contributed by atoms with E-state index in [0.717, 1.165) is 34.1 Å². The van der Waals surface area contributed by atoms with Gasteiger partial charge in [0.2, 0.25) is 0 Å². The Balaban J connectivity index is 0.983. The SMILES string of the molecule is C[Si](C)(C)c1ccc(-c2ccccc2N(c2ccccc2)c2ccc(-c3ccc(-c4ccc(N(c5ccccc5)c5ccc6ccccc6c5)cc4)cc3)cc2)cc1. The summed E-state index contributed by atoms with van der Waals surface area (Å²) in [6.07, 6.45) is 0. The van der Waals surface area contributed by atoms with Gasteiger partial charge in [0.1, 0.15) is 0 Å². The number of benzene rings is 9. The molecule has 0 bridgehead atoms. The zero-order valence-corrected chi connectivity index (χ0v) is 34.3. The highest BCUT2D eigenvalue weighted by molar-refractivity contribution is 6.88. The Morgan fingerprint density at radius 2 is 0.690 bits per heavy atom. The van der Waals surface area contributed by atoms with Gasteiger partial charge in [0.05, 0.1) is 13.8 Å². The number of fused-ring (bicyclic) bond motifs is 1. The van der Waals surface area contributed by atoms with E-state index in [9.17, 15) is 0 Å². The molecule has 0 amide bonds. The molecule has 0 heterocycles. The molecule has 0 saturated heterocycles. The highest BCUT2D eigenvalue weighted by Crippen LogP contribution is 2.42. The average molecular weight is 763 g/mol. The molecule has 0 aliphatic heterocycles. The lowest BCUT2D eigenvalue weighted by Crippen LogP contribution is -2.37. The van der Waals surface area contributed by atoms with Crippen LogP contribution >= 0.6 is 0 Å². The van der Waals surface area contributed by atoms with Crippen LogP contribution in [0.3, 0.4) is 0 Å². The van der Waals surface area contributed by atoms with Crippen LogP contribution in [0, 0.1) is 0 Å². The number of hydrogen-bond acceptors (Lipinski definition) is 2. The van der Waals surface area contributed by atoms with Gasteiger partial charge in [-0.2, -0.15) is 0 Å². The van der Waals surface area contributed by atoms with Crippen molar-refractivity contribution >= 4 is 58.2 Å². The Morgan fingerprint density at radius 1 is 0.293 bits per heavy atom. The fourth-order valence-electron chi connectivity index (χ4n) is 7.87. The van der Waals surface area contributed by atoms with Crippen molar-refractivity contribution in [3.63, 3.8) is 0 Å². The zero-order chi connectivity index (χ0) is 39.5. The minimum atomic E-state index is -1.40.